The molecule has 0 aromatic carbocycles. The fraction of sp³-hybridized carbons (Fsp3) is 0.936. The van der Waals surface area contributed by atoms with Crippen LogP contribution in [0.1, 0.15) is 226 Å². The first kappa shape index (κ1) is 56.9. The highest BCUT2D eigenvalue weighted by Crippen LogP contribution is 2.26. The molecule has 60 heavy (non-hydrogen) atoms. The van der Waals surface area contributed by atoms with Gasteiger partial charge in [0, 0.05) is 6.42 Å². The summed E-state index contributed by atoms with van der Waals surface area (Å²) in [6, 6.07) is -0.856. The molecule has 1 heterocycles. The largest absolute Gasteiger partial charge is 0.397 e. The second-order valence-corrected chi connectivity index (χ2v) is 18.5. The van der Waals surface area contributed by atoms with Crippen LogP contribution < -0.4 is 5.32 Å². The van der Waals surface area contributed by atoms with Gasteiger partial charge in [0.25, 0.3) is 0 Å². The van der Waals surface area contributed by atoms with E-state index in [0.29, 0.717) is 12.8 Å². The number of ether oxygens (including phenoxy) is 2. The summed E-state index contributed by atoms with van der Waals surface area (Å²) >= 11 is 0. The Labute approximate surface area is 366 Å². The van der Waals surface area contributed by atoms with Gasteiger partial charge in [0.15, 0.2) is 6.29 Å². The lowest BCUT2D eigenvalue weighted by atomic mass is 9.99. The molecule has 0 spiro atoms. The molecule has 0 aromatic heterocycles. The highest BCUT2D eigenvalue weighted by atomic mass is 32.3. The maximum absolute atomic E-state index is 13.0. The van der Waals surface area contributed by atoms with Gasteiger partial charge in [-0.1, -0.05) is 193 Å². The molecular weight excluding hydrogens is 787 g/mol. The molecule has 7 unspecified atom stereocenters. The number of rotatable bonds is 42. The van der Waals surface area contributed by atoms with E-state index in [1.54, 1.807) is 0 Å². The van der Waals surface area contributed by atoms with Crippen molar-refractivity contribution in [1.29, 1.82) is 0 Å². The van der Waals surface area contributed by atoms with Crippen LogP contribution in [0.4, 0.5) is 0 Å². The SMILES string of the molecule is CCCCCCCCCCCCCC/C=C\CCCCCCCCCC(=O)NC(COC1OC(CO)C(O)C(OS(=O)(=O)O)C1O)C(O)CCCCCCCCCCCC. The van der Waals surface area contributed by atoms with Crippen LogP contribution in [-0.2, 0) is 28.9 Å². The lowest BCUT2D eigenvalue weighted by Gasteiger charge is -2.41. The third kappa shape index (κ3) is 30.8. The summed E-state index contributed by atoms with van der Waals surface area (Å²) in [4.78, 5) is 13.0. The monoisotopic (exact) mass is 878 g/mol. The molecule has 1 amide bonds. The number of allylic oxidation sites excluding steroid dienone is 2. The minimum absolute atomic E-state index is 0.234. The molecular formula is C47H91NO11S. The van der Waals surface area contributed by atoms with E-state index in [4.69, 9.17) is 9.47 Å². The molecule has 356 valence electrons. The number of nitrogens with one attached hydrogen (secondary N) is 1. The number of unbranched alkanes of at least 4 members (excludes halogenated alkanes) is 28. The second kappa shape index (κ2) is 38.3. The van der Waals surface area contributed by atoms with E-state index in [0.717, 1.165) is 51.4 Å². The zero-order chi connectivity index (χ0) is 44.1. The number of hydrogen-bond acceptors (Lipinski definition) is 10. The Kier molecular flexibility index (Phi) is 36.3. The highest BCUT2D eigenvalue weighted by molar-refractivity contribution is 7.80. The molecule has 0 saturated carbocycles. The predicted octanol–water partition coefficient (Wildman–Crippen LogP) is 9.95. The van der Waals surface area contributed by atoms with Gasteiger partial charge in [-0.2, -0.15) is 8.42 Å². The van der Waals surface area contributed by atoms with Crippen LogP contribution in [0.25, 0.3) is 0 Å². The zero-order valence-electron chi connectivity index (χ0n) is 38.0. The van der Waals surface area contributed by atoms with Gasteiger partial charge in [-0.3, -0.25) is 9.35 Å². The smallest absolute Gasteiger partial charge is 0.394 e. The van der Waals surface area contributed by atoms with Gasteiger partial charge in [0.2, 0.25) is 5.91 Å². The van der Waals surface area contributed by atoms with E-state index in [9.17, 15) is 38.2 Å². The second-order valence-electron chi connectivity index (χ2n) is 17.4. The molecule has 7 atom stereocenters. The molecule has 12 nitrogen and oxygen atoms in total. The Bertz CT molecular complexity index is 1130. The molecule has 0 aliphatic carbocycles. The van der Waals surface area contributed by atoms with Gasteiger partial charge in [0.05, 0.1) is 25.4 Å². The van der Waals surface area contributed by atoms with Crippen LogP contribution >= 0.6 is 0 Å². The standard InChI is InChI=1S/C47H91NO11S/c1-3-5-7-9-11-13-15-16-17-18-19-20-21-22-23-24-25-26-27-29-31-33-35-37-43(51)48-40(41(50)36-34-32-30-28-14-12-10-8-6-4-2)39-57-47-45(53)46(59-60(54,55)56)44(52)42(38-49)58-47/h22-23,40-42,44-47,49-50,52-53H,3-21,24-39H2,1-2H3,(H,48,51)(H,54,55,56)/b23-22-. The van der Waals surface area contributed by atoms with Crippen molar-refractivity contribution in [3.8, 4) is 0 Å². The first-order chi connectivity index (χ1) is 29.0. The topological polar surface area (TPSA) is 192 Å². The van der Waals surface area contributed by atoms with Crippen molar-refractivity contribution in [2.24, 2.45) is 0 Å². The van der Waals surface area contributed by atoms with Gasteiger partial charge in [-0.15, -0.1) is 0 Å². The number of aliphatic hydroxyl groups excluding tert-OH is 4. The number of carbonyl (C=O) groups excluding carboxylic acids is 1. The van der Waals surface area contributed by atoms with Crippen LogP contribution in [0.2, 0.25) is 0 Å². The van der Waals surface area contributed by atoms with E-state index >= 15 is 0 Å². The van der Waals surface area contributed by atoms with Gasteiger partial charge in [0.1, 0.15) is 24.4 Å². The van der Waals surface area contributed by atoms with Crippen molar-refractivity contribution in [2.45, 2.75) is 269 Å². The number of carbonyl (C=O) groups is 1. The first-order valence-electron chi connectivity index (χ1n) is 24.6. The molecule has 1 aliphatic heterocycles. The molecule has 1 aliphatic rings. The molecule has 6 N–H and O–H groups in total. The van der Waals surface area contributed by atoms with E-state index in [1.165, 1.54) is 141 Å². The predicted molar refractivity (Wildman–Crippen MR) is 241 cm³/mol. The summed E-state index contributed by atoms with van der Waals surface area (Å²) in [5, 5.41) is 44.8. The van der Waals surface area contributed by atoms with E-state index in [1.807, 2.05) is 0 Å². The Morgan fingerprint density at radius 2 is 1.07 bits per heavy atom. The minimum atomic E-state index is -5.07. The maximum atomic E-state index is 13.0. The molecule has 0 aromatic rings. The van der Waals surface area contributed by atoms with Crippen LogP contribution in [-0.4, -0.2) is 95.4 Å². The summed E-state index contributed by atoms with van der Waals surface area (Å²) in [6.45, 7) is 3.43. The van der Waals surface area contributed by atoms with Crippen LogP contribution in [0, 0.1) is 0 Å². The van der Waals surface area contributed by atoms with Crippen LogP contribution in [0.15, 0.2) is 12.2 Å². The van der Waals surface area contributed by atoms with Gasteiger partial charge in [-0.05, 0) is 38.5 Å². The van der Waals surface area contributed by atoms with Crippen LogP contribution in [0.5, 0.6) is 0 Å². The van der Waals surface area contributed by atoms with Crippen molar-refractivity contribution in [1.82, 2.24) is 5.32 Å². The lowest BCUT2D eigenvalue weighted by Crippen LogP contribution is -2.61. The molecule has 0 bridgehead atoms. The normalized spacial score (nSPS) is 20.8. The lowest BCUT2D eigenvalue weighted by molar-refractivity contribution is -0.298. The number of amides is 1. The van der Waals surface area contributed by atoms with E-state index in [-0.39, 0.29) is 18.9 Å². The molecule has 1 fully saturated rings. The fourth-order valence-corrected chi connectivity index (χ4v) is 8.49. The van der Waals surface area contributed by atoms with Gasteiger partial charge >= 0.3 is 10.4 Å². The quantitative estimate of drug-likeness (QED) is 0.0194. The van der Waals surface area contributed by atoms with Crippen molar-refractivity contribution >= 4 is 16.3 Å². The third-order valence-electron chi connectivity index (χ3n) is 11.8. The molecule has 1 saturated heterocycles. The van der Waals surface area contributed by atoms with Crippen molar-refractivity contribution in [3.63, 3.8) is 0 Å². The molecule has 0 radical (unpaired) electrons. The fourth-order valence-electron chi connectivity index (χ4n) is 7.98. The van der Waals surface area contributed by atoms with Gasteiger partial charge in [-0.25, -0.2) is 4.18 Å². The molecule has 1 rings (SSSR count). The van der Waals surface area contributed by atoms with Crippen LogP contribution in [0.3, 0.4) is 0 Å². The third-order valence-corrected chi connectivity index (χ3v) is 12.3. The average molecular weight is 878 g/mol. The summed E-state index contributed by atoms with van der Waals surface area (Å²) < 4.78 is 47.6. The summed E-state index contributed by atoms with van der Waals surface area (Å²) in [7, 11) is -5.07. The maximum Gasteiger partial charge on any atom is 0.397 e. The highest BCUT2D eigenvalue weighted by Gasteiger charge is 2.48. The average Bonchev–Trinajstić information content (AvgIpc) is 3.22. The Morgan fingerprint density at radius 3 is 1.50 bits per heavy atom. The van der Waals surface area contributed by atoms with E-state index in [2.05, 4.69) is 35.5 Å². The Morgan fingerprint density at radius 1 is 0.650 bits per heavy atom. The first-order valence-corrected chi connectivity index (χ1v) is 25.9. The van der Waals surface area contributed by atoms with Gasteiger partial charge < -0.3 is 35.2 Å². The van der Waals surface area contributed by atoms with Crippen molar-refractivity contribution < 1.29 is 51.8 Å². The number of hydrogen-bond donors (Lipinski definition) is 6. The number of aliphatic hydroxyl groups is 4. The van der Waals surface area contributed by atoms with E-state index < -0.39 is 59.9 Å². The van der Waals surface area contributed by atoms with Crippen molar-refractivity contribution in [2.75, 3.05) is 13.2 Å². The summed E-state index contributed by atoms with van der Waals surface area (Å²) in [5.41, 5.74) is 0. The minimum Gasteiger partial charge on any atom is -0.394 e. The molecule has 13 heteroatoms. The Hall–Kier alpha value is -1.16. The summed E-state index contributed by atoms with van der Waals surface area (Å²) in [6.07, 6.45) is 33.7. The summed E-state index contributed by atoms with van der Waals surface area (Å²) in [5.74, 6) is -0.234. The zero-order valence-corrected chi connectivity index (χ0v) is 38.9. The van der Waals surface area contributed by atoms with Crippen molar-refractivity contribution in [3.05, 3.63) is 12.2 Å². The Balaban J connectivity index is 2.37.